The number of phenolic OH excluding ortho intramolecular Hbond substituents is 1. The molecule has 4 nitrogen and oxygen atoms in total. The summed E-state index contributed by atoms with van der Waals surface area (Å²) in [6.07, 6.45) is 0.362. The summed E-state index contributed by atoms with van der Waals surface area (Å²) in [5.74, 6) is -0.284. The van der Waals surface area contributed by atoms with Crippen LogP contribution in [0.5, 0.6) is 5.75 Å². The molecule has 0 spiro atoms. The number of nitrogens with two attached hydrogens (primary N) is 1. The first-order valence-corrected chi connectivity index (χ1v) is 4.25. The molecule has 1 unspecified atom stereocenters. The second-order valence-electron chi connectivity index (χ2n) is 3.00. The van der Waals surface area contributed by atoms with Crippen molar-refractivity contribution in [1.82, 2.24) is 0 Å². The van der Waals surface area contributed by atoms with Crippen molar-refractivity contribution in [2.24, 2.45) is 5.73 Å². The quantitative estimate of drug-likeness (QED) is 0.686. The van der Waals surface area contributed by atoms with Gasteiger partial charge in [-0.05, 0) is 24.1 Å². The summed E-state index contributed by atoms with van der Waals surface area (Å²) in [6, 6.07) is 5.95. The number of hydrogen-bond donors (Lipinski definition) is 2. The number of aromatic hydroxyl groups is 1. The van der Waals surface area contributed by atoms with Gasteiger partial charge in [-0.3, -0.25) is 4.79 Å². The number of esters is 1. The Kier molecular flexibility index (Phi) is 3.48. The van der Waals surface area contributed by atoms with Crippen molar-refractivity contribution in [2.45, 2.75) is 12.5 Å². The van der Waals surface area contributed by atoms with Crippen molar-refractivity contribution in [3.8, 4) is 5.75 Å². The van der Waals surface area contributed by atoms with Crippen LogP contribution in [-0.4, -0.2) is 24.2 Å². The zero-order chi connectivity index (χ0) is 10.6. The summed E-state index contributed by atoms with van der Waals surface area (Å²) in [7, 11) is 1.30. The van der Waals surface area contributed by atoms with Crippen LogP contribution in [0.25, 0.3) is 0 Å². The molecule has 1 aromatic carbocycles. The van der Waals surface area contributed by atoms with Gasteiger partial charge in [-0.1, -0.05) is 12.1 Å². The molecular formula is C10H13NO3. The van der Waals surface area contributed by atoms with E-state index in [0.29, 0.717) is 6.42 Å². The molecule has 0 saturated carbocycles. The molecule has 1 rings (SSSR count). The summed E-state index contributed by atoms with van der Waals surface area (Å²) in [5.41, 5.74) is 6.36. The fraction of sp³-hybridized carbons (Fsp3) is 0.300. The van der Waals surface area contributed by atoms with Crippen LogP contribution in [0.2, 0.25) is 0 Å². The van der Waals surface area contributed by atoms with Crippen molar-refractivity contribution in [3.63, 3.8) is 0 Å². The average Bonchev–Trinajstić information content (AvgIpc) is 2.16. The van der Waals surface area contributed by atoms with Crippen LogP contribution in [0.3, 0.4) is 0 Å². The van der Waals surface area contributed by atoms with Gasteiger partial charge in [0.15, 0.2) is 0 Å². The molecule has 0 bridgehead atoms. The zero-order valence-electron chi connectivity index (χ0n) is 7.93. The lowest BCUT2D eigenvalue weighted by atomic mass is 10.1. The van der Waals surface area contributed by atoms with Crippen LogP contribution in [0.1, 0.15) is 5.56 Å². The van der Waals surface area contributed by atoms with Gasteiger partial charge in [0.05, 0.1) is 7.11 Å². The van der Waals surface area contributed by atoms with Gasteiger partial charge in [-0.25, -0.2) is 0 Å². The minimum Gasteiger partial charge on any atom is -0.508 e. The maximum absolute atomic E-state index is 11.0. The van der Waals surface area contributed by atoms with Gasteiger partial charge in [-0.2, -0.15) is 0 Å². The molecule has 0 heterocycles. The van der Waals surface area contributed by atoms with E-state index in [-0.39, 0.29) is 5.75 Å². The predicted octanol–water partition coefficient (Wildman–Crippen LogP) is 0.435. The number of benzene rings is 1. The van der Waals surface area contributed by atoms with Crippen molar-refractivity contribution >= 4 is 5.97 Å². The largest absolute Gasteiger partial charge is 0.508 e. The third-order valence-corrected chi connectivity index (χ3v) is 1.87. The molecule has 0 fully saturated rings. The first-order chi connectivity index (χ1) is 6.63. The van der Waals surface area contributed by atoms with Crippen molar-refractivity contribution in [2.75, 3.05) is 7.11 Å². The molecule has 76 valence electrons. The predicted molar refractivity (Wildman–Crippen MR) is 51.8 cm³/mol. The van der Waals surface area contributed by atoms with Gasteiger partial charge in [0.2, 0.25) is 0 Å². The summed E-state index contributed by atoms with van der Waals surface area (Å²) < 4.78 is 4.49. The maximum atomic E-state index is 11.0. The smallest absolute Gasteiger partial charge is 0.322 e. The number of carbonyl (C=O) groups is 1. The van der Waals surface area contributed by atoms with E-state index in [2.05, 4.69) is 4.74 Å². The van der Waals surface area contributed by atoms with E-state index in [4.69, 9.17) is 10.8 Å². The molecule has 1 atom stereocenters. The topological polar surface area (TPSA) is 72.5 Å². The molecule has 0 saturated heterocycles. The number of phenols is 1. The van der Waals surface area contributed by atoms with Gasteiger partial charge in [0.1, 0.15) is 11.8 Å². The Hall–Kier alpha value is -1.55. The van der Waals surface area contributed by atoms with Crippen LogP contribution in [0.4, 0.5) is 0 Å². The van der Waals surface area contributed by atoms with Crippen molar-refractivity contribution in [3.05, 3.63) is 29.8 Å². The summed E-state index contributed by atoms with van der Waals surface area (Å²) in [6.45, 7) is 0. The highest BCUT2D eigenvalue weighted by molar-refractivity contribution is 5.75. The molecule has 4 heteroatoms. The molecule has 0 aliphatic heterocycles. The summed E-state index contributed by atoms with van der Waals surface area (Å²) in [4.78, 5) is 11.0. The van der Waals surface area contributed by atoms with E-state index in [1.54, 1.807) is 24.3 Å². The molecule has 0 amide bonds. The zero-order valence-corrected chi connectivity index (χ0v) is 7.93. The standard InChI is InChI=1S/C10H13NO3/c1-14-10(13)9(11)6-7-3-2-4-8(12)5-7/h2-5,9,12H,6,11H2,1H3. The van der Waals surface area contributed by atoms with Crippen LogP contribution in [0.15, 0.2) is 24.3 Å². The summed E-state index contributed by atoms with van der Waals surface area (Å²) in [5, 5.41) is 9.16. The lowest BCUT2D eigenvalue weighted by molar-refractivity contribution is -0.142. The minimum absolute atomic E-state index is 0.166. The molecule has 1 aromatic rings. The molecule has 0 aromatic heterocycles. The Morgan fingerprint density at radius 1 is 1.64 bits per heavy atom. The SMILES string of the molecule is COC(=O)C(N)Cc1cccc(O)c1. The Morgan fingerprint density at radius 2 is 2.36 bits per heavy atom. The highest BCUT2D eigenvalue weighted by Gasteiger charge is 2.13. The highest BCUT2D eigenvalue weighted by Crippen LogP contribution is 2.12. The Bertz CT molecular complexity index is 325. The van der Waals surface area contributed by atoms with E-state index in [1.165, 1.54) is 7.11 Å². The van der Waals surface area contributed by atoms with E-state index in [1.807, 2.05) is 0 Å². The Morgan fingerprint density at radius 3 is 2.93 bits per heavy atom. The van der Waals surface area contributed by atoms with Crippen LogP contribution >= 0.6 is 0 Å². The molecule has 14 heavy (non-hydrogen) atoms. The van der Waals surface area contributed by atoms with Gasteiger partial charge in [0.25, 0.3) is 0 Å². The minimum atomic E-state index is -0.679. The normalized spacial score (nSPS) is 12.1. The first-order valence-electron chi connectivity index (χ1n) is 4.25. The van der Waals surface area contributed by atoms with Gasteiger partial charge in [-0.15, -0.1) is 0 Å². The monoisotopic (exact) mass is 195 g/mol. The van der Waals surface area contributed by atoms with E-state index in [0.717, 1.165) is 5.56 Å². The van der Waals surface area contributed by atoms with Crippen LogP contribution < -0.4 is 5.73 Å². The maximum Gasteiger partial charge on any atom is 0.322 e. The van der Waals surface area contributed by atoms with Crippen molar-refractivity contribution in [1.29, 1.82) is 0 Å². The Balaban J connectivity index is 2.64. The second-order valence-corrected chi connectivity index (χ2v) is 3.00. The summed E-state index contributed by atoms with van der Waals surface area (Å²) >= 11 is 0. The number of rotatable bonds is 3. The lowest BCUT2D eigenvalue weighted by Crippen LogP contribution is -2.33. The molecule has 0 aliphatic carbocycles. The number of ether oxygens (including phenoxy) is 1. The lowest BCUT2D eigenvalue weighted by Gasteiger charge is -2.08. The van der Waals surface area contributed by atoms with Gasteiger partial charge in [0, 0.05) is 0 Å². The van der Waals surface area contributed by atoms with Gasteiger partial charge >= 0.3 is 5.97 Å². The third kappa shape index (κ3) is 2.74. The number of carbonyl (C=O) groups excluding carboxylic acids is 1. The van der Waals surface area contributed by atoms with E-state index >= 15 is 0 Å². The van der Waals surface area contributed by atoms with E-state index < -0.39 is 12.0 Å². The number of hydrogen-bond acceptors (Lipinski definition) is 4. The van der Waals surface area contributed by atoms with Crippen LogP contribution in [-0.2, 0) is 16.0 Å². The van der Waals surface area contributed by atoms with Crippen molar-refractivity contribution < 1.29 is 14.6 Å². The fourth-order valence-electron chi connectivity index (χ4n) is 1.17. The highest BCUT2D eigenvalue weighted by atomic mass is 16.5. The van der Waals surface area contributed by atoms with Gasteiger partial charge < -0.3 is 15.6 Å². The first kappa shape index (κ1) is 10.5. The van der Waals surface area contributed by atoms with E-state index in [9.17, 15) is 4.79 Å². The average molecular weight is 195 g/mol. The molecule has 0 aliphatic rings. The Labute approximate surface area is 82.3 Å². The number of methoxy groups -OCH3 is 1. The molecule has 0 radical (unpaired) electrons. The molecule has 3 N–H and O–H groups in total. The second kappa shape index (κ2) is 4.62. The fourth-order valence-corrected chi connectivity index (χ4v) is 1.17. The molecular weight excluding hydrogens is 182 g/mol. The van der Waals surface area contributed by atoms with Crippen LogP contribution in [0, 0.1) is 0 Å². The third-order valence-electron chi connectivity index (χ3n) is 1.87.